The second-order valence-electron chi connectivity index (χ2n) is 3.38. The number of nitrogens with one attached hydrogen (secondary N) is 2. The fourth-order valence-electron chi connectivity index (χ4n) is 0.834. The largest absolute Gasteiger partial charge is 0.354 e. The monoisotopic (exact) mass is 220 g/mol. The van der Waals surface area contributed by atoms with E-state index in [0.717, 1.165) is 0 Å². The van der Waals surface area contributed by atoms with Crippen molar-refractivity contribution in [2.45, 2.75) is 38.6 Å². The Labute approximate surface area is 89.4 Å². The van der Waals surface area contributed by atoms with E-state index in [1.165, 1.54) is 0 Å². The van der Waals surface area contributed by atoms with Crippen molar-refractivity contribution < 1.29 is 9.59 Å². The van der Waals surface area contributed by atoms with Gasteiger partial charge in [0, 0.05) is 19.0 Å². The van der Waals surface area contributed by atoms with Crippen LogP contribution in [0.2, 0.25) is 0 Å². The number of carbonyl (C=O) groups excluding carboxylic acids is 2. The molecule has 2 N–H and O–H groups in total. The van der Waals surface area contributed by atoms with E-state index in [9.17, 15) is 9.59 Å². The van der Waals surface area contributed by atoms with Crippen molar-refractivity contribution in [3.63, 3.8) is 0 Å². The molecule has 0 aromatic carbocycles. The van der Waals surface area contributed by atoms with E-state index in [1.54, 1.807) is 6.92 Å². The first kappa shape index (κ1) is 13.2. The lowest BCUT2D eigenvalue weighted by atomic mass is 10.3. The molecule has 0 fully saturated rings. The highest BCUT2D eigenvalue weighted by atomic mass is 35.5. The fourth-order valence-corrected chi connectivity index (χ4v) is 0.911. The average Bonchev–Trinajstić information content (AvgIpc) is 2.02. The predicted octanol–water partition coefficient (Wildman–Crippen LogP) is 0.645. The van der Waals surface area contributed by atoms with Gasteiger partial charge in [0.05, 0.1) is 0 Å². The summed E-state index contributed by atoms with van der Waals surface area (Å²) in [5.74, 6) is -0.313. The molecule has 0 rings (SSSR count). The van der Waals surface area contributed by atoms with Crippen molar-refractivity contribution >= 4 is 23.4 Å². The van der Waals surface area contributed by atoms with Gasteiger partial charge in [0.2, 0.25) is 11.8 Å². The van der Waals surface area contributed by atoms with Crippen LogP contribution in [0.5, 0.6) is 0 Å². The van der Waals surface area contributed by atoms with Crippen LogP contribution in [0.25, 0.3) is 0 Å². The average molecular weight is 221 g/mol. The Morgan fingerprint density at radius 2 is 1.86 bits per heavy atom. The third-order valence-electron chi connectivity index (χ3n) is 1.46. The van der Waals surface area contributed by atoms with Crippen LogP contribution in [0, 0.1) is 0 Å². The van der Waals surface area contributed by atoms with Gasteiger partial charge in [-0.2, -0.15) is 0 Å². The molecule has 0 aliphatic carbocycles. The third-order valence-corrected chi connectivity index (χ3v) is 1.66. The van der Waals surface area contributed by atoms with Gasteiger partial charge in [0.1, 0.15) is 5.38 Å². The highest BCUT2D eigenvalue weighted by Crippen LogP contribution is 1.92. The Balaban J connectivity index is 3.54. The predicted molar refractivity (Wildman–Crippen MR) is 56.2 cm³/mol. The smallest absolute Gasteiger partial charge is 0.237 e. The van der Waals surface area contributed by atoms with Gasteiger partial charge in [-0.1, -0.05) is 0 Å². The summed E-state index contributed by atoms with van der Waals surface area (Å²) in [5, 5.41) is 4.72. The topological polar surface area (TPSA) is 58.2 Å². The van der Waals surface area contributed by atoms with E-state index in [4.69, 9.17) is 11.6 Å². The first-order chi connectivity index (χ1) is 6.43. The standard InChI is InChI=1S/C9H17ClN2O2/c1-6(2)12-8(13)4-5-11-9(14)7(3)10/h6-7H,4-5H2,1-3H3,(H,11,14)(H,12,13). The second kappa shape index (κ2) is 6.65. The van der Waals surface area contributed by atoms with Crippen LogP contribution >= 0.6 is 11.6 Å². The minimum absolute atomic E-state index is 0.0671. The van der Waals surface area contributed by atoms with Crippen molar-refractivity contribution in [1.82, 2.24) is 10.6 Å². The van der Waals surface area contributed by atoms with Crippen LogP contribution in [-0.4, -0.2) is 29.8 Å². The molecule has 0 saturated heterocycles. The molecule has 0 saturated carbocycles. The fraction of sp³-hybridized carbons (Fsp3) is 0.778. The molecule has 14 heavy (non-hydrogen) atoms. The van der Waals surface area contributed by atoms with Crippen LogP contribution in [0.4, 0.5) is 0 Å². The molecule has 0 radical (unpaired) electrons. The van der Waals surface area contributed by atoms with E-state index in [-0.39, 0.29) is 24.3 Å². The van der Waals surface area contributed by atoms with Gasteiger partial charge < -0.3 is 10.6 Å². The maximum absolute atomic E-state index is 11.1. The van der Waals surface area contributed by atoms with Crippen molar-refractivity contribution in [1.29, 1.82) is 0 Å². The molecule has 82 valence electrons. The van der Waals surface area contributed by atoms with E-state index in [1.807, 2.05) is 13.8 Å². The second-order valence-corrected chi connectivity index (χ2v) is 4.03. The number of hydrogen-bond donors (Lipinski definition) is 2. The Morgan fingerprint density at radius 1 is 1.29 bits per heavy atom. The van der Waals surface area contributed by atoms with Crippen LogP contribution in [0.3, 0.4) is 0 Å². The molecule has 5 heteroatoms. The minimum atomic E-state index is -0.553. The zero-order chi connectivity index (χ0) is 11.1. The maximum atomic E-state index is 11.1. The van der Waals surface area contributed by atoms with Crippen molar-refractivity contribution in [3.8, 4) is 0 Å². The zero-order valence-electron chi connectivity index (χ0n) is 8.76. The lowest BCUT2D eigenvalue weighted by molar-refractivity contribution is -0.122. The zero-order valence-corrected chi connectivity index (χ0v) is 9.52. The number of amides is 2. The first-order valence-corrected chi connectivity index (χ1v) is 5.08. The third kappa shape index (κ3) is 6.71. The van der Waals surface area contributed by atoms with E-state index in [2.05, 4.69) is 10.6 Å². The molecule has 1 unspecified atom stereocenters. The number of carbonyl (C=O) groups is 2. The molecule has 0 aliphatic rings. The normalized spacial score (nSPS) is 12.4. The first-order valence-electron chi connectivity index (χ1n) is 4.64. The molecule has 1 atom stereocenters. The van der Waals surface area contributed by atoms with Gasteiger partial charge >= 0.3 is 0 Å². The Bertz CT molecular complexity index is 205. The molecule has 0 aliphatic heterocycles. The quantitative estimate of drug-likeness (QED) is 0.669. The van der Waals surface area contributed by atoms with Crippen molar-refractivity contribution in [2.75, 3.05) is 6.54 Å². The van der Waals surface area contributed by atoms with Crippen LogP contribution in [0.15, 0.2) is 0 Å². The molecule has 0 spiro atoms. The number of alkyl halides is 1. The summed E-state index contributed by atoms with van der Waals surface area (Å²) in [7, 11) is 0. The van der Waals surface area contributed by atoms with Gasteiger partial charge in [-0.15, -0.1) is 11.6 Å². The molecule has 0 heterocycles. The van der Waals surface area contributed by atoms with Gasteiger partial charge in [-0.3, -0.25) is 9.59 Å². The molecule has 0 aromatic heterocycles. The number of rotatable bonds is 5. The number of hydrogen-bond acceptors (Lipinski definition) is 2. The molecule has 0 aromatic rings. The van der Waals surface area contributed by atoms with Crippen LogP contribution in [-0.2, 0) is 9.59 Å². The summed E-state index contributed by atoms with van der Waals surface area (Å²) in [4.78, 5) is 22.1. The Morgan fingerprint density at radius 3 is 2.29 bits per heavy atom. The van der Waals surface area contributed by atoms with E-state index in [0.29, 0.717) is 6.54 Å². The highest BCUT2D eigenvalue weighted by molar-refractivity contribution is 6.30. The molecule has 2 amide bonds. The molecular weight excluding hydrogens is 204 g/mol. The van der Waals surface area contributed by atoms with Crippen LogP contribution in [0.1, 0.15) is 27.2 Å². The lowest BCUT2D eigenvalue weighted by Gasteiger charge is -2.09. The van der Waals surface area contributed by atoms with E-state index < -0.39 is 5.38 Å². The van der Waals surface area contributed by atoms with Crippen molar-refractivity contribution in [2.24, 2.45) is 0 Å². The Kier molecular flexibility index (Phi) is 6.28. The lowest BCUT2D eigenvalue weighted by Crippen LogP contribution is -2.35. The SMILES string of the molecule is CC(C)NC(=O)CCNC(=O)C(C)Cl. The van der Waals surface area contributed by atoms with E-state index >= 15 is 0 Å². The summed E-state index contributed by atoms with van der Waals surface area (Å²) in [6.07, 6.45) is 0.285. The van der Waals surface area contributed by atoms with Crippen LogP contribution < -0.4 is 10.6 Å². The number of halogens is 1. The maximum Gasteiger partial charge on any atom is 0.237 e. The summed E-state index contributed by atoms with van der Waals surface area (Å²) in [6.45, 7) is 5.69. The van der Waals surface area contributed by atoms with Gasteiger partial charge in [-0.25, -0.2) is 0 Å². The molecule has 4 nitrogen and oxygen atoms in total. The van der Waals surface area contributed by atoms with Crippen molar-refractivity contribution in [3.05, 3.63) is 0 Å². The highest BCUT2D eigenvalue weighted by Gasteiger charge is 2.09. The van der Waals surface area contributed by atoms with Gasteiger partial charge in [-0.05, 0) is 20.8 Å². The summed E-state index contributed by atoms with van der Waals surface area (Å²) < 4.78 is 0. The summed E-state index contributed by atoms with van der Waals surface area (Å²) >= 11 is 5.52. The van der Waals surface area contributed by atoms with Gasteiger partial charge in [0.25, 0.3) is 0 Å². The summed E-state index contributed by atoms with van der Waals surface area (Å²) in [6, 6.07) is 0.130. The Hall–Kier alpha value is -0.770. The summed E-state index contributed by atoms with van der Waals surface area (Å²) in [5.41, 5.74) is 0. The minimum Gasteiger partial charge on any atom is -0.354 e. The molecular formula is C9H17ClN2O2. The van der Waals surface area contributed by atoms with Gasteiger partial charge in [0.15, 0.2) is 0 Å². The molecule has 0 bridgehead atoms.